The van der Waals surface area contributed by atoms with Crippen molar-refractivity contribution in [3.05, 3.63) is 58.0 Å². The standard InChI is InChI=1S/C18H18BrClN2O3S/c19-14-3-9-17(10-4-14)26(24,25)22-11-1-2-13(12-22)18(23)21-16-7-5-15(20)6-8-16/h3-10,13H,1-2,11-12H2,(H,21,23)/t13-/m1/s1. The molecule has 1 saturated heterocycles. The van der Waals surface area contributed by atoms with Crippen LogP contribution in [0.5, 0.6) is 0 Å². The van der Waals surface area contributed by atoms with Gasteiger partial charge in [0.15, 0.2) is 0 Å². The smallest absolute Gasteiger partial charge is 0.243 e. The van der Waals surface area contributed by atoms with Crippen LogP contribution in [0.25, 0.3) is 0 Å². The Morgan fingerprint density at radius 1 is 1.12 bits per heavy atom. The van der Waals surface area contributed by atoms with Crippen molar-refractivity contribution in [2.75, 3.05) is 18.4 Å². The predicted octanol–water partition coefficient (Wildman–Crippen LogP) is 4.14. The van der Waals surface area contributed by atoms with Gasteiger partial charge < -0.3 is 5.32 Å². The summed E-state index contributed by atoms with van der Waals surface area (Å²) < 4.78 is 27.9. The highest BCUT2D eigenvalue weighted by atomic mass is 79.9. The van der Waals surface area contributed by atoms with Crippen LogP contribution in [-0.4, -0.2) is 31.7 Å². The number of halogens is 2. The van der Waals surface area contributed by atoms with E-state index in [9.17, 15) is 13.2 Å². The second-order valence-electron chi connectivity index (χ2n) is 6.15. The van der Waals surface area contributed by atoms with E-state index >= 15 is 0 Å². The van der Waals surface area contributed by atoms with Gasteiger partial charge in [-0.3, -0.25) is 4.79 Å². The van der Waals surface area contributed by atoms with Gasteiger partial charge >= 0.3 is 0 Å². The predicted molar refractivity (Wildman–Crippen MR) is 106 cm³/mol. The van der Waals surface area contributed by atoms with Crippen molar-refractivity contribution >= 4 is 49.1 Å². The lowest BCUT2D eigenvalue weighted by atomic mass is 9.99. The van der Waals surface area contributed by atoms with E-state index in [4.69, 9.17) is 11.6 Å². The highest BCUT2D eigenvalue weighted by Crippen LogP contribution is 2.26. The molecular formula is C18H18BrClN2O3S. The molecule has 0 radical (unpaired) electrons. The largest absolute Gasteiger partial charge is 0.326 e. The van der Waals surface area contributed by atoms with Crippen molar-refractivity contribution in [3.8, 4) is 0 Å². The van der Waals surface area contributed by atoms with E-state index in [0.29, 0.717) is 30.1 Å². The molecule has 2 aromatic rings. The quantitative estimate of drug-likeness (QED) is 0.750. The van der Waals surface area contributed by atoms with E-state index in [1.54, 1.807) is 48.5 Å². The summed E-state index contributed by atoms with van der Waals surface area (Å²) in [6.07, 6.45) is 1.31. The summed E-state index contributed by atoms with van der Waals surface area (Å²) in [4.78, 5) is 12.8. The van der Waals surface area contributed by atoms with Crippen molar-refractivity contribution in [1.29, 1.82) is 0 Å². The van der Waals surface area contributed by atoms with Crippen LogP contribution in [0.3, 0.4) is 0 Å². The average Bonchev–Trinajstić information content (AvgIpc) is 2.64. The molecule has 8 heteroatoms. The van der Waals surface area contributed by atoms with Crippen LogP contribution in [0, 0.1) is 5.92 Å². The molecule has 0 spiro atoms. The number of piperidine rings is 1. The number of amides is 1. The first-order chi connectivity index (χ1) is 12.4. The van der Waals surface area contributed by atoms with Crippen LogP contribution in [0.4, 0.5) is 5.69 Å². The number of rotatable bonds is 4. The SMILES string of the molecule is O=C(Nc1ccc(Cl)cc1)[C@@H]1CCCN(S(=O)(=O)c2ccc(Br)cc2)C1. The van der Waals surface area contributed by atoms with Crippen LogP contribution >= 0.6 is 27.5 Å². The zero-order chi connectivity index (χ0) is 18.7. The van der Waals surface area contributed by atoms with Gasteiger partial charge in [0.05, 0.1) is 10.8 Å². The van der Waals surface area contributed by atoms with E-state index < -0.39 is 10.0 Å². The number of hydrogen-bond acceptors (Lipinski definition) is 3. The van der Waals surface area contributed by atoms with Crippen molar-refractivity contribution < 1.29 is 13.2 Å². The lowest BCUT2D eigenvalue weighted by molar-refractivity contribution is -0.120. The number of benzene rings is 2. The molecule has 26 heavy (non-hydrogen) atoms. The van der Waals surface area contributed by atoms with Gasteiger partial charge in [-0.2, -0.15) is 4.31 Å². The molecular weight excluding hydrogens is 440 g/mol. The minimum absolute atomic E-state index is 0.178. The van der Waals surface area contributed by atoms with E-state index in [2.05, 4.69) is 21.2 Å². The summed E-state index contributed by atoms with van der Waals surface area (Å²) in [6, 6.07) is 13.4. The number of sulfonamides is 1. The third kappa shape index (κ3) is 4.46. The number of hydrogen-bond donors (Lipinski definition) is 1. The van der Waals surface area contributed by atoms with Crippen LogP contribution in [0.2, 0.25) is 5.02 Å². The summed E-state index contributed by atoms with van der Waals surface area (Å²) in [5, 5.41) is 3.42. The molecule has 0 saturated carbocycles. The Balaban J connectivity index is 1.71. The van der Waals surface area contributed by atoms with Gasteiger partial charge in [-0.1, -0.05) is 27.5 Å². The summed E-state index contributed by atoms with van der Waals surface area (Å²) in [5.41, 5.74) is 0.646. The highest BCUT2D eigenvalue weighted by molar-refractivity contribution is 9.10. The maximum atomic E-state index is 12.8. The first-order valence-electron chi connectivity index (χ1n) is 8.18. The summed E-state index contributed by atoms with van der Waals surface area (Å²) in [5.74, 6) is -0.562. The maximum Gasteiger partial charge on any atom is 0.243 e. The second kappa shape index (κ2) is 8.08. The van der Waals surface area contributed by atoms with Gasteiger partial charge in [-0.05, 0) is 61.4 Å². The molecule has 0 bridgehead atoms. The second-order valence-corrected chi connectivity index (χ2v) is 9.44. The molecule has 1 atom stereocenters. The Kier molecular flexibility index (Phi) is 6.02. The molecule has 1 heterocycles. The Hall–Kier alpha value is -1.41. The molecule has 138 valence electrons. The summed E-state index contributed by atoms with van der Waals surface area (Å²) in [7, 11) is -3.61. The molecule has 3 rings (SSSR count). The lowest BCUT2D eigenvalue weighted by Gasteiger charge is -2.31. The third-order valence-corrected chi connectivity index (χ3v) is 6.98. The van der Waals surface area contributed by atoms with Crippen molar-refractivity contribution in [2.24, 2.45) is 5.92 Å². The first kappa shape index (κ1) is 19.4. The van der Waals surface area contributed by atoms with Crippen LogP contribution in [-0.2, 0) is 14.8 Å². The average molecular weight is 458 g/mol. The van der Waals surface area contributed by atoms with E-state index in [1.807, 2.05) is 0 Å². The molecule has 2 aromatic carbocycles. The van der Waals surface area contributed by atoms with Gasteiger partial charge in [-0.15, -0.1) is 0 Å². The number of nitrogens with one attached hydrogen (secondary N) is 1. The van der Waals surface area contributed by atoms with E-state index in [-0.39, 0.29) is 23.3 Å². The number of nitrogens with zero attached hydrogens (tertiary/aromatic N) is 1. The third-order valence-electron chi connectivity index (χ3n) is 4.32. The van der Waals surface area contributed by atoms with Gasteiger partial charge in [0.1, 0.15) is 0 Å². The molecule has 1 fully saturated rings. The zero-order valence-corrected chi connectivity index (χ0v) is 17.0. The molecule has 1 aliphatic rings. The van der Waals surface area contributed by atoms with Gasteiger partial charge in [0.25, 0.3) is 0 Å². The Bertz CT molecular complexity index is 886. The van der Waals surface area contributed by atoms with Crippen molar-refractivity contribution in [1.82, 2.24) is 4.31 Å². The fraction of sp³-hybridized carbons (Fsp3) is 0.278. The van der Waals surface area contributed by atoms with Crippen molar-refractivity contribution in [2.45, 2.75) is 17.7 Å². The Morgan fingerprint density at radius 3 is 2.42 bits per heavy atom. The maximum absolute atomic E-state index is 12.8. The summed E-state index contributed by atoms with van der Waals surface area (Å²) in [6.45, 7) is 0.598. The fourth-order valence-electron chi connectivity index (χ4n) is 2.91. The van der Waals surface area contributed by atoms with Crippen LogP contribution in [0.1, 0.15) is 12.8 Å². The fourth-order valence-corrected chi connectivity index (χ4v) is 4.82. The van der Waals surface area contributed by atoms with Crippen LogP contribution < -0.4 is 5.32 Å². The highest BCUT2D eigenvalue weighted by Gasteiger charge is 2.33. The van der Waals surface area contributed by atoms with Gasteiger partial charge in [0.2, 0.25) is 15.9 Å². The Morgan fingerprint density at radius 2 is 1.77 bits per heavy atom. The zero-order valence-electron chi connectivity index (χ0n) is 13.9. The number of carbonyl (C=O) groups excluding carboxylic acids is 1. The monoisotopic (exact) mass is 456 g/mol. The molecule has 0 aromatic heterocycles. The molecule has 0 unspecified atom stereocenters. The number of carbonyl (C=O) groups is 1. The molecule has 1 aliphatic heterocycles. The topological polar surface area (TPSA) is 66.5 Å². The molecule has 1 amide bonds. The van der Waals surface area contributed by atoms with Crippen molar-refractivity contribution in [3.63, 3.8) is 0 Å². The van der Waals surface area contributed by atoms with Crippen LogP contribution in [0.15, 0.2) is 57.9 Å². The lowest BCUT2D eigenvalue weighted by Crippen LogP contribution is -2.43. The minimum Gasteiger partial charge on any atom is -0.326 e. The molecule has 5 nitrogen and oxygen atoms in total. The van der Waals surface area contributed by atoms with E-state index in [0.717, 1.165) is 4.47 Å². The number of anilines is 1. The molecule has 0 aliphatic carbocycles. The molecule has 1 N–H and O–H groups in total. The normalized spacial score (nSPS) is 18.5. The van der Waals surface area contributed by atoms with Gasteiger partial charge in [-0.25, -0.2) is 8.42 Å². The van der Waals surface area contributed by atoms with E-state index in [1.165, 1.54) is 4.31 Å². The Labute approximate surface area is 166 Å². The first-order valence-corrected chi connectivity index (χ1v) is 10.8. The summed E-state index contributed by atoms with van der Waals surface area (Å²) >= 11 is 9.15. The minimum atomic E-state index is -3.61. The van der Waals surface area contributed by atoms with Gasteiger partial charge in [0, 0.05) is 28.3 Å².